The average Bonchev–Trinajstić information content (AvgIpc) is 2.40. The van der Waals surface area contributed by atoms with Gasteiger partial charge in [0.1, 0.15) is 0 Å². The van der Waals surface area contributed by atoms with Crippen LogP contribution in [0, 0.1) is 13.8 Å². The van der Waals surface area contributed by atoms with Crippen LogP contribution in [0.1, 0.15) is 29.2 Å². The number of benzene rings is 2. The predicted octanol–water partition coefficient (Wildman–Crippen LogP) is 4.48. The summed E-state index contributed by atoms with van der Waals surface area (Å²) in [5, 5.41) is 3.50. The van der Waals surface area contributed by atoms with Crippen LogP contribution < -0.4 is 5.32 Å². The van der Waals surface area contributed by atoms with Gasteiger partial charge in [0.25, 0.3) is 0 Å². The minimum absolute atomic E-state index is 0.895. The lowest BCUT2D eigenvalue weighted by atomic mass is 10.0. The van der Waals surface area contributed by atoms with Crippen molar-refractivity contribution < 1.29 is 0 Å². The molecule has 0 aliphatic carbocycles. The van der Waals surface area contributed by atoms with Crippen LogP contribution in [-0.4, -0.2) is 0 Å². The lowest BCUT2D eigenvalue weighted by Crippen LogP contribution is -2.02. The molecule has 0 atom stereocenters. The van der Waals surface area contributed by atoms with E-state index < -0.39 is 0 Å². The van der Waals surface area contributed by atoms with Crippen LogP contribution in [0.2, 0.25) is 0 Å². The van der Waals surface area contributed by atoms with Crippen molar-refractivity contribution in [2.24, 2.45) is 0 Å². The molecule has 1 nitrogen and oxygen atoms in total. The Morgan fingerprint density at radius 3 is 2.28 bits per heavy atom. The summed E-state index contributed by atoms with van der Waals surface area (Å²) in [5.41, 5.74) is 6.69. The zero-order valence-corrected chi connectivity index (χ0v) is 11.5. The van der Waals surface area contributed by atoms with E-state index in [1.807, 2.05) is 0 Å². The van der Waals surface area contributed by atoms with Crippen LogP contribution in [0.15, 0.2) is 42.5 Å². The first-order valence-corrected chi connectivity index (χ1v) is 6.58. The molecule has 0 heterocycles. The fraction of sp³-hybridized carbons (Fsp3) is 0.294. The van der Waals surface area contributed by atoms with Crippen molar-refractivity contribution in [1.29, 1.82) is 0 Å². The molecule has 0 saturated heterocycles. The van der Waals surface area contributed by atoms with Gasteiger partial charge in [0.15, 0.2) is 0 Å². The van der Waals surface area contributed by atoms with Crippen molar-refractivity contribution in [3.63, 3.8) is 0 Å². The Labute approximate surface area is 110 Å². The van der Waals surface area contributed by atoms with Crippen molar-refractivity contribution in [1.82, 2.24) is 0 Å². The second-order valence-corrected chi connectivity index (χ2v) is 4.77. The first kappa shape index (κ1) is 12.7. The van der Waals surface area contributed by atoms with E-state index in [0.29, 0.717) is 0 Å². The lowest BCUT2D eigenvalue weighted by molar-refractivity contribution is 1.04. The topological polar surface area (TPSA) is 12.0 Å². The Morgan fingerprint density at radius 2 is 1.61 bits per heavy atom. The number of anilines is 1. The van der Waals surface area contributed by atoms with E-state index >= 15 is 0 Å². The van der Waals surface area contributed by atoms with E-state index in [4.69, 9.17) is 0 Å². The summed E-state index contributed by atoms with van der Waals surface area (Å²) in [6.07, 6.45) is 1.09. The molecule has 0 saturated carbocycles. The molecule has 2 rings (SSSR count). The Bertz CT molecular complexity index is 529. The van der Waals surface area contributed by atoms with Gasteiger partial charge in [-0.3, -0.25) is 0 Å². The number of hydrogen-bond donors (Lipinski definition) is 1. The maximum absolute atomic E-state index is 3.50. The quantitative estimate of drug-likeness (QED) is 0.829. The van der Waals surface area contributed by atoms with Crippen LogP contribution in [0.3, 0.4) is 0 Å². The molecule has 18 heavy (non-hydrogen) atoms. The van der Waals surface area contributed by atoms with Crippen molar-refractivity contribution >= 4 is 5.69 Å². The highest BCUT2D eigenvalue weighted by Gasteiger charge is 2.00. The Kier molecular flexibility index (Phi) is 4.03. The van der Waals surface area contributed by atoms with Crippen molar-refractivity contribution in [2.75, 3.05) is 5.32 Å². The molecule has 0 fully saturated rings. The van der Waals surface area contributed by atoms with E-state index in [-0.39, 0.29) is 0 Å². The van der Waals surface area contributed by atoms with Gasteiger partial charge in [-0.05, 0) is 54.7 Å². The smallest absolute Gasteiger partial charge is 0.0403 e. The van der Waals surface area contributed by atoms with E-state index in [2.05, 4.69) is 68.6 Å². The van der Waals surface area contributed by atoms with Crippen LogP contribution in [-0.2, 0) is 13.0 Å². The normalized spacial score (nSPS) is 10.4. The van der Waals surface area contributed by atoms with Crippen molar-refractivity contribution in [3.05, 3.63) is 64.7 Å². The SMILES string of the molecule is CCc1ccccc1CNc1ccc(C)c(C)c1. The molecule has 0 aromatic heterocycles. The Hall–Kier alpha value is -1.76. The van der Waals surface area contributed by atoms with Gasteiger partial charge in [-0.2, -0.15) is 0 Å². The van der Waals surface area contributed by atoms with Gasteiger partial charge < -0.3 is 5.32 Å². The molecule has 2 aromatic rings. The summed E-state index contributed by atoms with van der Waals surface area (Å²) in [7, 11) is 0. The van der Waals surface area contributed by atoms with Crippen LogP contribution in [0.4, 0.5) is 5.69 Å². The molecular formula is C17H21N. The first-order valence-electron chi connectivity index (χ1n) is 6.58. The molecule has 0 bridgehead atoms. The van der Waals surface area contributed by atoms with Crippen LogP contribution in [0.5, 0.6) is 0 Å². The maximum Gasteiger partial charge on any atom is 0.0403 e. The minimum atomic E-state index is 0.895. The third-order valence-corrected chi connectivity index (χ3v) is 3.49. The molecule has 0 radical (unpaired) electrons. The van der Waals surface area contributed by atoms with E-state index in [1.54, 1.807) is 0 Å². The van der Waals surface area contributed by atoms with Crippen LogP contribution in [0.25, 0.3) is 0 Å². The number of nitrogens with one attached hydrogen (secondary N) is 1. The summed E-state index contributed by atoms with van der Waals surface area (Å²) in [6.45, 7) is 7.40. The zero-order chi connectivity index (χ0) is 13.0. The Balaban J connectivity index is 2.09. The molecule has 0 spiro atoms. The fourth-order valence-corrected chi connectivity index (χ4v) is 2.12. The van der Waals surface area contributed by atoms with Gasteiger partial charge in [-0.25, -0.2) is 0 Å². The highest BCUT2D eigenvalue weighted by Crippen LogP contribution is 2.16. The molecular weight excluding hydrogens is 218 g/mol. The minimum Gasteiger partial charge on any atom is -0.381 e. The maximum atomic E-state index is 3.50. The molecule has 1 heteroatoms. The third-order valence-electron chi connectivity index (χ3n) is 3.49. The number of aryl methyl sites for hydroxylation is 3. The fourth-order valence-electron chi connectivity index (χ4n) is 2.12. The first-order chi connectivity index (χ1) is 8.70. The standard InChI is InChI=1S/C17H21N/c1-4-15-7-5-6-8-16(15)12-18-17-10-9-13(2)14(3)11-17/h5-11,18H,4,12H2,1-3H3. The predicted molar refractivity (Wildman–Crippen MR) is 79.1 cm³/mol. The van der Waals surface area contributed by atoms with Crippen molar-refractivity contribution in [2.45, 2.75) is 33.7 Å². The molecule has 0 aliphatic rings. The van der Waals surface area contributed by atoms with Gasteiger partial charge in [-0.15, -0.1) is 0 Å². The van der Waals surface area contributed by atoms with Crippen molar-refractivity contribution in [3.8, 4) is 0 Å². The van der Waals surface area contributed by atoms with E-state index in [0.717, 1.165) is 13.0 Å². The Morgan fingerprint density at radius 1 is 0.889 bits per heavy atom. The summed E-state index contributed by atoms with van der Waals surface area (Å²) in [6, 6.07) is 15.2. The second-order valence-electron chi connectivity index (χ2n) is 4.77. The second kappa shape index (κ2) is 5.72. The largest absolute Gasteiger partial charge is 0.381 e. The number of hydrogen-bond acceptors (Lipinski definition) is 1. The average molecular weight is 239 g/mol. The summed E-state index contributed by atoms with van der Waals surface area (Å²) in [4.78, 5) is 0. The molecule has 1 N–H and O–H groups in total. The number of rotatable bonds is 4. The third kappa shape index (κ3) is 2.92. The summed E-state index contributed by atoms with van der Waals surface area (Å²) < 4.78 is 0. The van der Waals surface area contributed by atoms with Crippen LogP contribution >= 0.6 is 0 Å². The van der Waals surface area contributed by atoms with Gasteiger partial charge in [0, 0.05) is 12.2 Å². The molecule has 0 amide bonds. The molecule has 94 valence electrons. The summed E-state index contributed by atoms with van der Waals surface area (Å²) in [5.74, 6) is 0. The molecule has 0 aliphatic heterocycles. The van der Waals surface area contributed by atoms with Gasteiger partial charge in [-0.1, -0.05) is 37.3 Å². The van der Waals surface area contributed by atoms with E-state index in [1.165, 1.54) is 27.9 Å². The van der Waals surface area contributed by atoms with E-state index in [9.17, 15) is 0 Å². The summed E-state index contributed by atoms with van der Waals surface area (Å²) >= 11 is 0. The molecule has 2 aromatic carbocycles. The zero-order valence-electron chi connectivity index (χ0n) is 11.5. The highest BCUT2D eigenvalue weighted by molar-refractivity contribution is 5.48. The highest BCUT2D eigenvalue weighted by atomic mass is 14.9. The monoisotopic (exact) mass is 239 g/mol. The lowest BCUT2D eigenvalue weighted by Gasteiger charge is -2.11. The molecule has 0 unspecified atom stereocenters. The van der Waals surface area contributed by atoms with Gasteiger partial charge in [0.2, 0.25) is 0 Å². The van der Waals surface area contributed by atoms with Gasteiger partial charge in [0.05, 0.1) is 0 Å². The van der Waals surface area contributed by atoms with Gasteiger partial charge >= 0.3 is 0 Å².